The van der Waals surface area contributed by atoms with Gasteiger partial charge in [0, 0.05) is 29.7 Å². The summed E-state index contributed by atoms with van der Waals surface area (Å²) in [6, 6.07) is 0. The van der Waals surface area contributed by atoms with Crippen molar-refractivity contribution in [2.75, 3.05) is 6.61 Å². The fourth-order valence-corrected chi connectivity index (χ4v) is 8.94. The van der Waals surface area contributed by atoms with Crippen molar-refractivity contribution < 1.29 is 19.1 Å². The Morgan fingerprint density at radius 2 is 1.71 bits per heavy atom. The minimum atomic E-state index is -0.347. The first-order chi connectivity index (χ1) is 14.8. The Labute approximate surface area is 187 Å². The highest BCUT2D eigenvalue weighted by Crippen LogP contribution is 2.69. The van der Waals surface area contributed by atoms with Crippen LogP contribution in [0.15, 0.2) is 12.2 Å². The maximum Gasteiger partial charge on any atom is 0.333 e. The number of esters is 2. The van der Waals surface area contributed by atoms with Gasteiger partial charge in [-0.05, 0) is 94.3 Å². The molecule has 6 fully saturated rings. The van der Waals surface area contributed by atoms with E-state index in [1.54, 1.807) is 6.92 Å². The summed E-state index contributed by atoms with van der Waals surface area (Å²) in [7, 11) is 0. The summed E-state index contributed by atoms with van der Waals surface area (Å²) >= 11 is 0. The van der Waals surface area contributed by atoms with E-state index in [9.17, 15) is 9.59 Å². The molecule has 4 heteroatoms. The summed E-state index contributed by atoms with van der Waals surface area (Å²) in [4.78, 5) is 24.7. The van der Waals surface area contributed by atoms with E-state index in [2.05, 4.69) is 13.5 Å². The number of fused-ring (bicyclic) bond motifs is 2. The minimum Gasteiger partial charge on any atom is -0.462 e. The third kappa shape index (κ3) is 3.76. The number of carbonyl (C=O) groups is 2. The molecule has 0 amide bonds. The summed E-state index contributed by atoms with van der Waals surface area (Å²) in [5, 5.41) is 0. The van der Waals surface area contributed by atoms with Crippen LogP contribution < -0.4 is 0 Å². The van der Waals surface area contributed by atoms with Crippen molar-refractivity contribution in [2.45, 2.75) is 96.5 Å². The van der Waals surface area contributed by atoms with Crippen molar-refractivity contribution in [1.82, 2.24) is 0 Å². The highest BCUT2D eigenvalue weighted by molar-refractivity contribution is 5.86. The Kier molecular flexibility index (Phi) is 5.50. The summed E-state index contributed by atoms with van der Waals surface area (Å²) in [5.41, 5.74) is 0.722. The van der Waals surface area contributed by atoms with E-state index in [1.807, 2.05) is 0 Å². The zero-order valence-corrected chi connectivity index (χ0v) is 19.5. The molecule has 0 radical (unpaired) electrons. The predicted octanol–water partition coefficient (Wildman–Crippen LogP) is 5.84. The monoisotopic (exact) mass is 428 g/mol. The fraction of sp³-hybridized carbons (Fsp3) is 0.852. The lowest BCUT2D eigenvalue weighted by atomic mass is 9.42. The molecular formula is C27H40O4. The summed E-state index contributed by atoms with van der Waals surface area (Å²) < 4.78 is 11.9. The standard InChI is InChI=1S/C27H40O4/c1-17(2)25(29)30-9-5-4-6-24(28)31-27(23-13-18-7-8-20(23)10-18)21-11-19-12-22(27)16-26(3,14-19)15-21/h18-23H,1,4-16H2,2-3H3. The molecule has 172 valence electrons. The molecule has 5 unspecified atom stereocenters. The van der Waals surface area contributed by atoms with E-state index >= 15 is 0 Å². The predicted molar refractivity (Wildman–Crippen MR) is 119 cm³/mol. The van der Waals surface area contributed by atoms with Gasteiger partial charge in [0.2, 0.25) is 0 Å². The van der Waals surface area contributed by atoms with Crippen LogP contribution in [-0.4, -0.2) is 24.1 Å². The number of ether oxygens (including phenoxy) is 2. The van der Waals surface area contributed by atoms with Gasteiger partial charge in [-0.3, -0.25) is 4.79 Å². The molecule has 6 bridgehead atoms. The van der Waals surface area contributed by atoms with Crippen molar-refractivity contribution in [2.24, 2.45) is 40.9 Å². The van der Waals surface area contributed by atoms with Gasteiger partial charge >= 0.3 is 11.9 Å². The average Bonchev–Trinajstić information content (AvgIpc) is 3.33. The Morgan fingerprint density at radius 1 is 0.968 bits per heavy atom. The second kappa shape index (κ2) is 7.92. The lowest BCUT2D eigenvalue weighted by molar-refractivity contribution is -0.248. The molecule has 0 aromatic heterocycles. The minimum absolute atomic E-state index is 0.00775. The Hall–Kier alpha value is -1.32. The van der Waals surface area contributed by atoms with Crippen molar-refractivity contribution >= 4 is 11.9 Å². The van der Waals surface area contributed by atoms with Gasteiger partial charge < -0.3 is 9.47 Å². The largest absolute Gasteiger partial charge is 0.462 e. The van der Waals surface area contributed by atoms with Gasteiger partial charge in [0.25, 0.3) is 0 Å². The molecule has 31 heavy (non-hydrogen) atoms. The van der Waals surface area contributed by atoms with Crippen molar-refractivity contribution in [3.05, 3.63) is 12.2 Å². The van der Waals surface area contributed by atoms with Crippen LogP contribution in [0, 0.1) is 40.9 Å². The van der Waals surface area contributed by atoms with Gasteiger partial charge in [-0.2, -0.15) is 0 Å². The number of hydrogen-bond acceptors (Lipinski definition) is 4. The third-order valence-electron chi connectivity index (χ3n) is 9.74. The lowest BCUT2D eigenvalue weighted by Crippen LogP contribution is -2.66. The highest BCUT2D eigenvalue weighted by atomic mass is 16.6. The summed E-state index contributed by atoms with van der Waals surface area (Å²) in [5.74, 6) is 3.92. The van der Waals surface area contributed by atoms with Crippen molar-refractivity contribution in [1.29, 1.82) is 0 Å². The van der Waals surface area contributed by atoms with E-state index < -0.39 is 0 Å². The van der Waals surface area contributed by atoms with Gasteiger partial charge in [0.1, 0.15) is 5.60 Å². The first-order valence-corrected chi connectivity index (χ1v) is 12.8. The molecule has 6 aliphatic rings. The van der Waals surface area contributed by atoms with E-state index in [0.29, 0.717) is 54.6 Å². The van der Waals surface area contributed by atoms with Crippen LogP contribution in [0.25, 0.3) is 0 Å². The normalized spacial score (nSPS) is 44.5. The number of carbonyl (C=O) groups excluding carboxylic acids is 2. The fourth-order valence-electron chi connectivity index (χ4n) is 8.94. The van der Waals surface area contributed by atoms with Gasteiger partial charge in [-0.15, -0.1) is 0 Å². The molecule has 0 spiro atoms. The molecule has 6 rings (SSSR count). The number of rotatable bonds is 8. The van der Waals surface area contributed by atoms with Crippen molar-refractivity contribution in [3.8, 4) is 0 Å². The average molecular weight is 429 g/mol. The smallest absolute Gasteiger partial charge is 0.333 e. The van der Waals surface area contributed by atoms with Gasteiger partial charge in [0.05, 0.1) is 6.61 Å². The number of unbranched alkanes of at least 4 members (excludes halogenated alkanes) is 1. The molecule has 0 aromatic carbocycles. The quantitative estimate of drug-likeness (QED) is 0.277. The molecule has 4 nitrogen and oxygen atoms in total. The van der Waals surface area contributed by atoms with Gasteiger partial charge in [-0.1, -0.05) is 19.9 Å². The SMILES string of the molecule is C=C(C)C(=O)OCCCCC(=O)OC1(C2CC3CCC2C3)C2CC3CC1CC(C)(C3)C2. The highest BCUT2D eigenvalue weighted by Gasteiger charge is 2.67. The molecule has 0 aliphatic heterocycles. The van der Waals surface area contributed by atoms with Gasteiger partial charge in [0.15, 0.2) is 0 Å². The van der Waals surface area contributed by atoms with Crippen LogP contribution in [0.2, 0.25) is 0 Å². The first kappa shape index (κ1) is 21.5. The molecule has 0 heterocycles. The topological polar surface area (TPSA) is 52.6 Å². The number of hydrogen-bond donors (Lipinski definition) is 0. The van der Waals surface area contributed by atoms with Crippen molar-refractivity contribution in [3.63, 3.8) is 0 Å². The van der Waals surface area contributed by atoms with E-state index in [0.717, 1.165) is 17.8 Å². The Balaban J connectivity index is 1.25. The zero-order valence-electron chi connectivity index (χ0n) is 19.5. The third-order valence-corrected chi connectivity index (χ3v) is 9.74. The van der Waals surface area contributed by atoms with Crippen LogP contribution >= 0.6 is 0 Å². The van der Waals surface area contributed by atoms with Crippen LogP contribution in [0.4, 0.5) is 0 Å². The second-order valence-corrected chi connectivity index (χ2v) is 12.1. The van der Waals surface area contributed by atoms with Crippen LogP contribution in [0.5, 0.6) is 0 Å². The molecule has 0 aromatic rings. The Morgan fingerprint density at radius 3 is 2.29 bits per heavy atom. The van der Waals surface area contributed by atoms with E-state index in [1.165, 1.54) is 57.8 Å². The molecule has 0 saturated heterocycles. The van der Waals surface area contributed by atoms with Crippen LogP contribution in [0.3, 0.4) is 0 Å². The maximum atomic E-state index is 13.1. The summed E-state index contributed by atoms with van der Waals surface area (Å²) in [6.45, 7) is 8.10. The summed E-state index contributed by atoms with van der Waals surface area (Å²) in [6.07, 6.45) is 13.7. The Bertz CT molecular complexity index is 738. The molecule has 0 N–H and O–H groups in total. The van der Waals surface area contributed by atoms with E-state index in [4.69, 9.17) is 9.47 Å². The van der Waals surface area contributed by atoms with Gasteiger partial charge in [-0.25, -0.2) is 4.79 Å². The molecule has 5 atom stereocenters. The first-order valence-electron chi connectivity index (χ1n) is 12.8. The molecular weight excluding hydrogens is 388 g/mol. The van der Waals surface area contributed by atoms with E-state index in [-0.39, 0.29) is 17.5 Å². The van der Waals surface area contributed by atoms with Crippen LogP contribution in [-0.2, 0) is 19.1 Å². The zero-order chi connectivity index (χ0) is 21.8. The molecule has 6 saturated carbocycles. The lowest BCUT2D eigenvalue weighted by Gasteiger charge is -2.66. The second-order valence-electron chi connectivity index (χ2n) is 12.1. The molecule has 6 aliphatic carbocycles. The maximum absolute atomic E-state index is 13.1. The van der Waals surface area contributed by atoms with Crippen LogP contribution in [0.1, 0.15) is 90.9 Å².